The maximum atomic E-state index is 3.99. The predicted molar refractivity (Wildman–Crippen MR) is 140 cm³/mol. The molecule has 0 aliphatic carbocycles. The highest BCUT2D eigenvalue weighted by atomic mass is 14.0. The van der Waals surface area contributed by atoms with E-state index in [1.165, 1.54) is 141 Å². The number of hydrogen-bond donors (Lipinski definition) is 0. The quantitative estimate of drug-likeness (QED) is 0.102. The second-order valence-electron chi connectivity index (χ2n) is 9.80. The van der Waals surface area contributed by atoms with Crippen molar-refractivity contribution in [2.24, 2.45) is 5.92 Å². The zero-order chi connectivity index (χ0) is 22.0. The van der Waals surface area contributed by atoms with Gasteiger partial charge in [0.2, 0.25) is 0 Å². The molecule has 1 atom stereocenters. The second kappa shape index (κ2) is 26.8. The van der Waals surface area contributed by atoms with E-state index in [1.807, 2.05) is 0 Å². The smallest absolute Gasteiger partial charge is 0.0351 e. The highest BCUT2D eigenvalue weighted by Crippen LogP contribution is 2.15. The van der Waals surface area contributed by atoms with Gasteiger partial charge in [-0.1, -0.05) is 161 Å². The molecule has 0 rings (SSSR count). The Kier molecular flexibility index (Phi) is 26.5. The summed E-state index contributed by atoms with van der Waals surface area (Å²) in [5.41, 5.74) is 0. The lowest BCUT2D eigenvalue weighted by atomic mass is 9.99. The van der Waals surface area contributed by atoms with Gasteiger partial charge < -0.3 is 0 Å². The summed E-state index contributed by atoms with van der Waals surface area (Å²) in [6.45, 7) is 10.2. The predicted octanol–water partition coefficient (Wildman–Crippen LogP) is 11.2. The third-order valence-electron chi connectivity index (χ3n) is 6.60. The van der Waals surface area contributed by atoms with Crippen LogP contribution in [0.25, 0.3) is 0 Å². The minimum absolute atomic E-state index is 0.829. The molecule has 0 aromatic rings. The van der Waals surface area contributed by atoms with E-state index >= 15 is 0 Å². The molecule has 1 unspecified atom stereocenters. The van der Waals surface area contributed by atoms with Crippen LogP contribution in [0, 0.1) is 19.8 Å². The van der Waals surface area contributed by atoms with Gasteiger partial charge in [-0.3, -0.25) is 0 Å². The molecule has 30 heavy (non-hydrogen) atoms. The van der Waals surface area contributed by atoms with Gasteiger partial charge in [0, 0.05) is 0 Å². The Bertz CT molecular complexity index is 316. The first kappa shape index (κ1) is 29.7. The summed E-state index contributed by atoms with van der Waals surface area (Å²) in [5, 5.41) is 0. The molecule has 0 bridgehead atoms. The fourth-order valence-electron chi connectivity index (χ4n) is 4.23. The fourth-order valence-corrected chi connectivity index (χ4v) is 4.23. The van der Waals surface area contributed by atoms with Gasteiger partial charge in [0.05, 0.1) is 0 Å². The maximum absolute atomic E-state index is 3.99. The van der Waals surface area contributed by atoms with Crippen LogP contribution in [0.4, 0.5) is 0 Å². The Morgan fingerprint density at radius 2 is 0.800 bits per heavy atom. The van der Waals surface area contributed by atoms with Crippen molar-refractivity contribution in [2.75, 3.05) is 0 Å². The third-order valence-corrected chi connectivity index (χ3v) is 6.60. The van der Waals surface area contributed by atoms with Crippen molar-refractivity contribution < 1.29 is 0 Å². The Labute approximate surface area is 193 Å². The van der Waals surface area contributed by atoms with E-state index in [2.05, 4.69) is 32.9 Å². The first-order chi connectivity index (χ1) is 14.8. The lowest BCUT2D eigenvalue weighted by Crippen LogP contribution is -1.91. The van der Waals surface area contributed by atoms with E-state index in [-0.39, 0.29) is 0 Å². The second-order valence-corrected chi connectivity index (χ2v) is 9.80. The summed E-state index contributed by atoms with van der Waals surface area (Å²) >= 11 is 0. The van der Waals surface area contributed by atoms with Gasteiger partial charge >= 0.3 is 0 Å². The standard InChI is InChI=1S/C30H58/c1-4-6-7-8-9-10-11-12-13-14-15-16-17-18-19-20-21-22-23-24-25-26-27-28-29-30(3)5-2/h19-20,30H,1-2,4-18,21-29H2,3H3. The van der Waals surface area contributed by atoms with E-state index < -0.39 is 0 Å². The summed E-state index contributed by atoms with van der Waals surface area (Å²) in [6.07, 6.45) is 38.3. The SMILES string of the molecule is [CH2]CCCCCCCCCCCCCCC=CCCCCCCCCCC(C)C[CH2]. The van der Waals surface area contributed by atoms with Crippen LogP contribution in [-0.2, 0) is 0 Å². The summed E-state index contributed by atoms with van der Waals surface area (Å²) in [6, 6.07) is 0. The van der Waals surface area contributed by atoms with Gasteiger partial charge in [0.15, 0.2) is 0 Å². The summed E-state index contributed by atoms with van der Waals surface area (Å²) in [7, 11) is 0. The molecule has 0 amide bonds. The molecule has 0 heteroatoms. The number of allylic oxidation sites excluding steroid dienone is 2. The van der Waals surface area contributed by atoms with Gasteiger partial charge in [-0.15, -0.1) is 0 Å². The highest BCUT2D eigenvalue weighted by molar-refractivity contribution is 4.81. The van der Waals surface area contributed by atoms with E-state index in [4.69, 9.17) is 0 Å². The Hall–Kier alpha value is -0.260. The molecule has 178 valence electrons. The van der Waals surface area contributed by atoms with Crippen molar-refractivity contribution in [3.63, 3.8) is 0 Å². The lowest BCUT2D eigenvalue weighted by molar-refractivity contribution is 0.484. The molecule has 0 N–H and O–H groups in total. The van der Waals surface area contributed by atoms with Gasteiger partial charge in [-0.05, 0) is 31.6 Å². The van der Waals surface area contributed by atoms with Crippen LogP contribution in [0.2, 0.25) is 0 Å². The normalized spacial score (nSPS) is 12.8. The first-order valence-corrected chi connectivity index (χ1v) is 14.0. The van der Waals surface area contributed by atoms with Crippen molar-refractivity contribution in [3.8, 4) is 0 Å². The van der Waals surface area contributed by atoms with E-state index in [0.717, 1.165) is 18.8 Å². The molecule has 0 aromatic heterocycles. The van der Waals surface area contributed by atoms with Crippen LogP contribution in [-0.4, -0.2) is 0 Å². The van der Waals surface area contributed by atoms with Gasteiger partial charge in [0.25, 0.3) is 0 Å². The van der Waals surface area contributed by atoms with Crippen molar-refractivity contribution >= 4 is 0 Å². The van der Waals surface area contributed by atoms with Gasteiger partial charge in [-0.2, -0.15) is 0 Å². The van der Waals surface area contributed by atoms with Crippen molar-refractivity contribution in [1.82, 2.24) is 0 Å². The van der Waals surface area contributed by atoms with E-state index in [1.54, 1.807) is 0 Å². The largest absolute Gasteiger partial charge is 0.0885 e. The minimum atomic E-state index is 0.829. The monoisotopic (exact) mass is 418 g/mol. The average molecular weight is 419 g/mol. The van der Waals surface area contributed by atoms with Crippen molar-refractivity contribution in [2.45, 2.75) is 161 Å². The Balaban J connectivity index is 3.09. The molecular weight excluding hydrogens is 360 g/mol. The average Bonchev–Trinajstić information content (AvgIpc) is 2.76. The fraction of sp³-hybridized carbons (Fsp3) is 0.867. The molecule has 0 saturated heterocycles. The highest BCUT2D eigenvalue weighted by Gasteiger charge is 1.98. The lowest BCUT2D eigenvalue weighted by Gasteiger charge is -2.07. The van der Waals surface area contributed by atoms with Crippen LogP contribution in [0.3, 0.4) is 0 Å². The summed E-state index contributed by atoms with van der Waals surface area (Å²) < 4.78 is 0. The topological polar surface area (TPSA) is 0 Å². The minimum Gasteiger partial charge on any atom is -0.0885 e. The van der Waals surface area contributed by atoms with Gasteiger partial charge in [-0.25, -0.2) is 0 Å². The molecule has 0 saturated carbocycles. The molecule has 2 radical (unpaired) electrons. The van der Waals surface area contributed by atoms with Crippen molar-refractivity contribution in [1.29, 1.82) is 0 Å². The maximum Gasteiger partial charge on any atom is -0.0351 e. The molecule has 0 fully saturated rings. The number of rotatable bonds is 25. The summed E-state index contributed by atoms with van der Waals surface area (Å²) in [4.78, 5) is 0. The summed E-state index contributed by atoms with van der Waals surface area (Å²) in [5.74, 6) is 0.829. The number of unbranched alkanes of at least 4 members (excludes halogenated alkanes) is 20. The van der Waals surface area contributed by atoms with Crippen LogP contribution >= 0.6 is 0 Å². The third kappa shape index (κ3) is 25.8. The molecule has 0 aliphatic heterocycles. The molecule has 0 nitrogen and oxygen atoms in total. The molecule has 0 heterocycles. The van der Waals surface area contributed by atoms with Crippen LogP contribution in [0.5, 0.6) is 0 Å². The zero-order valence-corrected chi connectivity index (χ0v) is 21.1. The Morgan fingerprint density at radius 3 is 1.17 bits per heavy atom. The van der Waals surface area contributed by atoms with Gasteiger partial charge in [0.1, 0.15) is 0 Å². The van der Waals surface area contributed by atoms with Crippen LogP contribution in [0.15, 0.2) is 12.2 Å². The van der Waals surface area contributed by atoms with E-state index in [0.29, 0.717) is 0 Å². The number of hydrogen-bond acceptors (Lipinski definition) is 0. The first-order valence-electron chi connectivity index (χ1n) is 14.0. The van der Waals surface area contributed by atoms with Crippen LogP contribution < -0.4 is 0 Å². The van der Waals surface area contributed by atoms with Crippen molar-refractivity contribution in [3.05, 3.63) is 26.0 Å². The molecule has 0 aliphatic rings. The zero-order valence-electron chi connectivity index (χ0n) is 21.1. The Morgan fingerprint density at radius 1 is 0.467 bits per heavy atom. The molecule has 0 aromatic carbocycles. The molecule has 0 spiro atoms. The molecular formula is C30H58. The van der Waals surface area contributed by atoms with E-state index in [9.17, 15) is 0 Å². The van der Waals surface area contributed by atoms with Crippen LogP contribution in [0.1, 0.15) is 161 Å².